The second-order valence-electron chi connectivity index (χ2n) is 6.20. The Balaban J connectivity index is 1.52. The highest BCUT2D eigenvalue weighted by Gasteiger charge is 2.27. The number of hydrogen-bond donors (Lipinski definition) is 1. The molecule has 0 aliphatic carbocycles. The van der Waals surface area contributed by atoms with Crippen LogP contribution in [0.3, 0.4) is 0 Å². The van der Waals surface area contributed by atoms with Crippen molar-refractivity contribution in [3.63, 3.8) is 0 Å². The molecule has 2 aromatic rings. The summed E-state index contributed by atoms with van der Waals surface area (Å²) in [5.74, 6) is 1.26. The Hall–Kier alpha value is -1.99. The van der Waals surface area contributed by atoms with Crippen LogP contribution in [0.4, 0.5) is 4.39 Å². The van der Waals surface area contributed by atoms with Crippen LogP contribution in [0.5, 0.6) is 5.75 Å². The van der Waals surface area contributed by atoms with Crippen molar-refractivity contribution in [2.24, 2.45) is 0 Å². The van der Waals surface area contributed by atoms with Crippen molar-refractivity contribution in [2.75, 3.05) is 6.54 Å². The maximum atomic E-state index is 12.8. The van der Waals surface area contributed by atoms with Crippen molar-refractivity contribution in [3.05, 3.63) is 41.8 Å². The van der Waals surface area contributed by atoms with E-state index in [9.17, 15) is 9.50 Å². The summed E-state index contributed by atoms with van der Waals surface area (Å²) in [5, 5.41) is 13.5. The van der Waals surface area contributed by atoms with Crippen LogP contribution in [0, 0.1) is 5.82 Å². The zero-order chi connectivity index (χ0) is 16.9. The Labute approximate surface area is 140 Å². The normalized spacial score (nSPS) is 19.5. The predicted octanol–water partition coefficient (Wildman–Crippen LogP) is 2.52. The van der Waals surface area contributed by atoms with Gasteiger partial charge in [0.2, 0.25) is 11.7 Å². The van der Waals surface area contributed by atoms with Gasteiger partial charge in [-0.25, -0.2) is 4.39 Å². The molecule has 1 aliphatic heterocycles. The summed E-state index contributed by atoms with van der Waals surface area (Å²) in [6.07, 6.45) is 2.65. The lowest BCUT2D eigenvalue weighted by atomic mass is 10.1. The van der Waals surface area contributed by atoms with E-state index in [1.54, 1.807) is 12.1 Å². The van der Waals surface area contributed by atoms with E-state index in [0.717, 1.165) is 25.8 Å². The van der Waals surface area contributed by atoms with Crippen LogP contribution in [-0.4, -0.2) is 38.8 Å². The second kappa shape index (κ2) is 7.72. The van der Waals surface area contributed by atoms with Gasteiger partial charge in [-0.2, -0.15) is 4.98 Å². The van der Waals surface area contributed by atoms with Crippen molar-refractivity contribution in [2.45, 2.75) is 51.5 Å². The van der Waals surface area contributed by atoms with E-state index in [0.29, 0.717) is 30.1 Å². The van der Waals surface area contributed by atoms with Gasteiger partial charge >= 0.3 is 0 Å². The van der Waals surface area contributed by atoms with Crippen LogP contribution in [-0.2, 0) is 13.2 Å². The highest BCUT2D eigenvalue weighted by Crippen LogP contribution is 2.23. The minimum Gasteiger partial charge on any atom is -0.485 e. The standard InChI is InChI=1S/C17H22FN3O3/c1-12(22)9-14-3-2-8-21(14)10-17-19-16(20-24-17)11-23-15-6-4-13(18)5-7-15/h4-7,12,14,22H,2-3,8-11H2,1H3. The van der Waals surface area contributed by atoms with Crippen LogP contribution >= 0.6 is 0 Å². The molecule has 3 rings (SSSR count). The van der Waals surface area contributed by atoms with Gasteiger partial charge in [-0.05, 0) is 57.0 Å². The van der Waals surface area contributed by atoms with E-state index < -0.39 is 0 Å². The number of nitrogens with zero attached hydrogens (tertiary/aromatic N) is 3. The molecule has 2 atom stereocenters. The van der Waals surface area contributed by atoms with Crippen molar-refractivity contribution in [1.29, 1.82) is 0 Å². The lowest BCUT2D eigenvalue weighted by Gasteiger charge is -2.23. The highest BCUT2D eigenvalue weighted by molar-refractivity contribution is 5.22. The first-order valence-corrected chi connectivity index (χ1v) is 8.22. The predicted molar refractivity (Wildman–Crippen MR) is 84.8 cm³/mol. The monoisotopic (exact) mass is 335 g/mol. The molecule has 1 aromatic carbocycles. The molecular weight excluding hydrogens is 313 g/mol. The fraction of sp³-hybridized carbons (Fsp3) is 0.529. The molecule has 2 heterocycles. The fourth-order valence-electron chi connectivity index (χ4n) is 3.03. The number of hydrogen-bond acceptors (Lipinski definition) is 6. The van der Waals surface area contributed by atoms with E-state index in [4.69, 9.17) is 9.26 Å². The average Bonchev–Trinajstić information content (AvgIpc) is 3.17. The number of halogens is 1. The van der Waals surface area contributed by atoms with Gasteiger partial charge in [-0.3, -0.25) is 4.90 Å². The van der Waals surface area contributed by atoms with Crippen molar-refractivity contribution in [1.82, 2.24) is 15.0 Å². The lowest BCUT2D eigenvalue weighted by molar-refractivity contribution is 0.124. The Morgan fingerprint density at radius 2 is 2.21 bits per heavy atom. The third-order valence-electron chi connectivity index (χ3n) is 4.14. The fourth-order valence-corrected chi connectivity index (χ4v) is 3.03. The van der Waals surface area contributed by atoms with Gasteiger partial charge in [-0.1, -0.05) is 5.16 Å². The molecule has 130 valence electrons. The molecule has 2 unspecified atom stereocenters. The molecule has 0 amide bonds. The Kier molecular flexibility index (Phi) is 5.42. The topological polar surface area (TPSA) is 71.6 Å². The summed E-state index contributed by atoms with van der Waals surface area (Å²) in [6, 6.07) is 6.15. The molecule has 0 bridgehead atoms. The van der Waals surface area contributed by atoms with E-state index in [-0.39, 0.29) is 18.5 Å². The van der Waals surface area contributed by atoms with E-state index in [1.807, 2.05) is 6.92 Å². The molecule has 24 heavy (non-hydrogen) atoms. The first kappa shape index (κ1) is 16.9. The summed E-state index contributed by atoms with van der Waals surface area (Å²) in [6.45, 7) is 3.54. The minimum absolute atomic E-state index is 0.173. The highest BCUT2D eigenvalue weighted by atomic mass is 19.1. The van der Waals surface area contributed by atoms with Crippen LogP contribution in [0.1, 0.15) is 37.9 Å². The van der Waals surface area contributed by atoms with Gasteiger partial charge in [0.25, 0.3) is 0 Å². The number of ether oxygens (including phenoxy) is 1. The number of likely N-dealkylation sites (tertiary alicyclic amines) is 1. The molecule has 1 saturated heterocycles. The molecular formula is C17H22FN3O3. The van der Waals surface area contributed by atoms with Gasteiger partial charge in [0.15, 0.2) is 6.61 Å². The molecule has 1 fully saturated rings. The molecule has 1 N–H and O–H groups in total. The first-order chi connectivity index (χ1) is 11.6. The molecule has 7 heteroatoms. The maximum absolute atomic E-state index is 12.8. The van der Waals surface area contributed by atoms with Crippen LogP contribution in [0.25, 0.3) is 0 Å². The number of aromatic nitrogens is 2. The Morgan fingerprint density at radius 3 is 2.96 bits per heavy atom. The zero-order valence-corrected chi connectivity index (χ0v) is 13.7. The largest absolute Gasteiger partial charge is 0.485 e. The number of aliphatic hydroxyl groups is 1. The second-order valence-corrected chi connectivity index (χ2v) is 6.20. The minimum atomic E-state index is -0.307. The van der Waals surface area contributed by atoms with Gasteiger partial charge in [0.05, 0.1) is 12.6 Å². The zero-order valence-electron chi connectivity index (χ0n) is 13.7. The van der Waals surface area contributed by atoms with E-state index in [2.05, 4.69) is 15.0 Å². The van der Waals surface area contributed by atoms with Gasteiger partial charge < -0.3 is 14.4 Å². The Bertz CT molecular complexity index is 645. The summed E-state index contributed by atoms with van der Waals surface area (Å²) in [4.78, 5) is 6.61. The molecule has 0 saturated carbocycles. The quantitative estimate of drug-likeness (QED) is 0.838. The van der Waals surface area contributed by atoms with Gasteiger partial charge in [-0.15, -0.1) is 0 Å². The van der Waals surface area contributed by atoms with Crippen LogP contribution in [0.2, 0.25) is 0 Å². The van der Waals surface area contributed by atoms with Crippen molar-refractivity contribution < 1.29 is 18.8 Å². The summed E-state index contributed by atoms with van der Waals surface area (Å²) in [5.41, 5.74) is 0. The lowest BCUT2D eigenvalue weighted by Crippen LogP contribution is -2.31. The molecule has 1 aliphatic rings. The molecule has 1 aromatic heterocycles. The van der Waals surface area contributed by atoms with E-state index in [1.165, 1.54) is 12.1 Å². The molecule has 0 spiro atoms. The summed E-state index contributed by atoms with van der Waals surface area (Å²) in [7, 11) is 0. The van der Waals surface area contributed by atoms with Gasteiger partial charge in [0.1, 0.15) is 11.6 Å². The van der Waals surface area contributed by atoms with Crippen LogP contribution < -0.4 is 4.74 Å². The third kappa shape index (κ3) is 4.52. The molecule has 0 radical (unpaired) electrons. The smallest absolute Gasteiger partial charge is 0.240 e. The van der Waals surface area contributed by atoms with Gasteiger partial charge in [0, 0.05) is 6.04 Å². The molecule has 6 nitrogen and oxygen atoms in total. The number of rotatable bonds is 7. The first-order valence-electron chi connectivity index (χ1n) is 8.22. The Morgan fingerprint density at radius 1 is 1.42 bits per heavy atom. The van der Waals surface area contributed by atoms with Crippen molar-refractivity contribution >= 4 is 0 Å². The van der Waals surface area contributed by atoms with Crippen molar-refractivity contribution in [3.8, 4) is 5.75 Å². The maximum Gasteiger partial charge on any atom is 0.240 e. The summed E-state index contributed by atoms with van der Waals surface area (Å²) < 4.78 is 23.6. The van der Waals surface area contributed by atoms with Crippen LogP contribution in [0.15, 0.2) is 28.8 Å². The SMILES string of the molecule is CC(O)CC1CCCN1Cc1nc(COc2ccc(F)cc2)no1. The third-order valence-corrected chi connectivity index (χ3v) is 4.14. The average molecular weight is 335 g/mol. The van der Waals surface area contributed by atoms with E-state index >= 15 is 0 Å². The number of aliphatic hydroxyl groups excluding tert-OH is 1. The summed E-state index contributed by atoms with van der Waals surface area (Å²) >= 11 is 0. The number of benzene rings is 1.